The molecule has 1 aromatic carbocycles. The summed E-state index contributed by atoms with van der Waals surface area (Å²) in [6, 6.07) is 9.83. The Bertz CT molecular complexity index is 775. The van der Waals surface area contributed by atoms with Gasteiger partial charge in [0.1, 0.15) is 5.76 Å². The summed E-state index contributed by atoms with van der Waals surface area (Å²) in [4.78, 5) is 23.0. The highest BCUT2D eigenvalue weighted by molar-refractivity contribution is 7.11. The number of hydrogen-bond acceptors (Lipinski definition) is 5. The largest absolute Gasteiger partial charge is 0.421 e. The molecule has 104 valence electrons. The maximum atomic E-state index is 11.8. The third kappa shape index (κ3) is 2.75. The van der Waals surface area contributed by atoms with Crippen LogP contribution in [0.2, 0.25) is 0 Å². The Balaban J connectivity index is 1.94. The molecule has 1 aliphatic heterocycles. The summed E-state index contributed by atoms with van der Waals surface area (Å²) in [6.07, 6.45) is 3.23. The van der Waals surface area contributed by atoms with Crippen molar-refractivity contribution in [2.45, 2.75) is 0 Å². The van der Waals surface area contributed by atoms with Crippen molar-refractivity contribution in [3.8, 4) is 0 Å². The van der Waals surface area contributed by atoms with E-state index in [9.17, 15) is 14.9 Å². The average Bonchev–Trinajstić information content (AvgIpc) is 3.10. The molecule has 0 amide bonds. The third-order valence-electron chi connectivity index (χ3n) is 2.89. The minimum Gasteiger partial charge on any atom is -0.421 e. The van der Waals surface area contributed by atoms with E-state index in [0.717, 1.165) is 4.88 Å². The lowest BCUT2D eigenvalue weighted by atomic mass is 10.1. The van der Waals surface area contributed by atoms with Crippen LogP contribution >= 0.6 is 11.3 Å². The van der Waals surface area contributed by atoms with Crippen LogP contribution in [-0.2, 0) is 9.53 Å². The number of rotatable bonds is 3. The molecule has 6 heteroatoms. The molecule has 2 heterocycles. The van der Waals surface area contributed by atoms with Crippen molar-refractivity contribution in [1.29, 1.82) is 0 Å². The Hall–Kier alpha value is -2.73. The highest BCUT2D eigenvalue weighted by Gasteiger charge is 2.22. The van der Waals surface area contributed by atoms with Gasteiger partial charge in [-0.15, -0.1) is 11.3 Å². The lowest BCUT2D eigenvalue weighted by molar-refractivity contribution is -0.384. The SMILES string of the molecule is O=C1OC(c2cccs2)=CC1=Cc1cccc([N+](=O)[O-])c1. The number of carbonyl (C=O) groups is 1. The molecule has 2 aromatic rings. The van der Waals surface area contributed by atoms with E-state index in [2.05, 4.69) is 0 Å². The Morgan fingerprint density at radius 2 is 2.10 bits per heavy atom. The minimum absolute atomic E-state index is 0.0156. The van der Waals surface area contributed by atoms with Crippen LogP contribution in [0.4, 0.5) is 5.69 Å². The van der Waals surface area contributed by atoms with Gasteiger partial charge in [0, 0.05) is 12.1 Å². The first-order valence-corrected chi connectivity index (χ1v) is 6.95. The second-order valence-corrected chi connectivity index (χ2v) is 5.27. The number of esters is 1. The molecule has 1 aliphatic rings. The van der Waals surface area contributed by atoms with E-state index in [1.165, 1.54) is 23.5 Å². The number of thiophene rings is 1. The molecule has 0 spiro atoms. The molecule has 0 bridgehead atoms. The molecule has 5 nitrogen and oxygen atoms in total. The average molecular weight is 299 g/mol. The number of cyclic esters (lactones) is 1. The summed E-state index contributed by atoms with van der Waals surface area (Å²) in [6.45, 7) is 0. The molecule has 1 aromatic heterocycles. The summed E-state index contributed by atoms with van der Waals surface area (Å²) in [7, 11) is 0. The van der Waals surface area contributed by atoms with Crippen LogP contribution in [-0.4, -0.2) is 10.9 Å². The monoisotopic (exact) mass is 299 g/mol. The van der Waals surface area contributed by atoms with Gasteiger partial charge in [-0.1, -0.05) is 18.2 Å². The Labute approximate surface area is 123 Å². The first-order valence-electron chi connectivity index (χ1n) is 6.07. The van der Waals surface area contributed by atoms with Gasteiger partial charge in [0.05, 0.1) is 15.4 Å². The molecule has 0 N–H and O–H groups in total. The summed E-state index contributed by atoms with van der Waals surface area (Å²) >= 11 is 1.47. The molecule has 0 aliphatic carbocycles. The minimum atomic E-state index is -0.470. The molecule has 0 atom stereocenters. The van der Waals surface area contributed by atoms with E-state index in [1.54, 1.807) is 24.3 Å². The number of hydrogen-bond donors (Lipinski definition) is 0. The van der Waals surface area contributed by atoms with E-state index >= 15 is 0 Å². The van der Waals surface area contributed by atoms with E-state index in [0.29, 0.717) is 16.9 Å². The Morgan fingerprint density at radius 1 is 1.24 bits per heavy atom. The summed E-state index contributed by atoms with van der Waals surface area (Å²) in [5, 5.41) is 12.6. The van der Waals surface area contributed by atoms with Gasteiger partial charge in [-0.05, 0) is 29.2 Å². The van der Waals surface area contributed by atoms with Crippen molar-refractivity contribution >= 4 is 34.8 Å². The van der Waals surface area contributed by atoms with Crippen molar-refractivity contribution in [2.75, 3.05) is 0 Å². The zero-order chi connectivity index (χ0) is 14.8. The number of nitrogens with zero attached hydrogens (tertiary/aromatic N) is 1. The topological polar surface area (TPSA) is 69.4 Å². The number of nitro groups is 1. The van der Waals surface area contributed by atoms with Crippen molar-refractivity contribution in [2.24, 2.45) is 0 Å². The van der Waals surface area contributed by atoms with Gasteiger partial charge in [-0.3, -0.25) is 10.1 Å². The summed E-state index contributed by atoms with van der Waals surface area (Å²) in [5.41, 5.74) is 0.942. The molecule has 0 saturated carbocycles. The van der Waals surface area contributed by atoms with Crippen LogP contribution in [0.15, 0.2) is 53.4 Å². The van der Waals surface area contributed by atoms with Crippen LogP contribution in [0.5, 0.6) is 0 Å². The standard InChI is InChI=1S/C15H9NO4S/c17-15-11(9-13(20-15)14-5-2-6-21-14)7-10-3-1-4-12(8-10)16(18)19/h1-9H. The lowest BCUT2D eigenvalue weighted by Crippen LogP contribution is -1.96. The molecule has 0 saturated heterocycles. The Kier molecular flexibility index (Phi) is 3.37. The van der Waals surface area contributed by atoms with Crippen LogP contribution < -0.4 is 0 Å². The fourth-order valence-corrected chi connectivity index (χ4v) is 2.61. The highest BCUT2D eigenvalue weighted by atomic mass is 32.1. The van der Waals surface area contributed by atoms with Crippen LogP contribution in [0.1, 0.15) is 10.4 Å². The summed E-state index contributed by atoms with van der Waals surface area (Å²) < 4.78 is 5.20. The normalized spacial score (nSPS) is 15.9. The predicted molar refractivity (Wildman–Crippen MR) is 79.5 cm³/mol. The fraction of sp³-hybridized carbons (Fsp3) is 0. The zero-order valence-electron chi connectivity index (χ0n) is 10.7. The Morgan fingerprint density at radius 3 is 2.81 bits per heavy atom. The second kappa shape index (κ2) is 5.34. The molecule has 0 unspecified atom stereocenters. The maximum absolute atomic E-state index is 11.8. The number of non-ortho nitro benzene ring substituents is 1. The molecule has 3 rings (SSSR count). The van der Waals surface area contributed by atoms with Gasteiger partial charge in [0.25, 0.3) is 5.69 Å². The van der Waals surface area contributed by atoms with Crippen molar-refractivity contribution in [3.05, 3.63) is 74.0 Å². The first-order chi connectivity index (χ1) is 10.1. The van der Waals surface area contributed by atoms with E-state index in [1.807, 2.05) is 17.5 Å². The molecular formula is C15H9NO4S. The number of benzene rings is 1. The van der Waals surface area contributed by atoms with E-state index in [-0.39, 0.29) is 5.69 Å². The molecule has 21 heavy (non-hydrogen) atoms. The molecular weight excluding hydrogens is 290 g/mol. The maximum Gasteiger partial charge on any atom is 0.343 e. The van der Waals surface area contributed by atoms with Gasteiger partial charge in [0.2, 0.25) is 0 Å². The van der Waals surface area contributed by atoms with Crippen molar-refractivity contribution in [3.63, 3.8) is 0 Å². The first kappa shape index (κ1) is 13.3. The van der Waals surface area contributed by atoms with Gasteiger partial charge in [-0.25, -0.2) is 4.79 Å². The molecule has 0 radical (unpaired) electrons. The fourth-order valence-electron chi connectivity index (χ4n) is 1.94. The van der Waals surface area contributed by atoms with Gasteiger partial charge >= 0.3 is 5.97 Å². The van der Waals surface area contributed by atoms with E-state index < -0.39 is 10.9 Å². The quantitative estimate of drug-likeness (QED) is 0.375. The van der Waals surface area contributed by atoms with Crippen molar-refractivity contribution in [1.82, 2.24) is 0 Å². The second-order valence-electron chi connectivity index (χ2n) is 4.33. The van der Waals surface area contributed by atoms with E-state index in [4.69, 9.17) is 4.74 Å². The molecule has 0 fully saturated rings. The van der Waals surface area contributed by atoms with Crippen LogP contribution in [0.25, 0.3) is 11.8 Å². The van der Waals surface area contributed by atoms with Gasteiger partial charge in [0.15, 0.2) is 0 Å². The zero-order valence-corrected chi connectivity index (χ0v) is 11.5. The smallest absolute Gasteiger partial charge is 0.343 e. The van der Waals surface area contributed by atoms with Crippen molar-refractivity contribution < 1.29 is 14.5 Å². The van der Waals surface area contributed by atoms with Gasteiger partial charge in [-0.2, -0.15) is 0 Å². The van der Waals surface area contributed by atoms with Crippen LogP contribution in [0.3, 0.4) is 0 Å². The number of carbonyl (C=O) groups excluding carboxylic acids is 1. The van der Waals surface area contributed by atoms with Crippen LogP contribution in [0, 0.1) is 10.1 Å². The highest BCUT2D eigenvalue weighted by Crippen LogP contribution is 2.30. The lowest BCUT2D eigenvalue weighted by Gasteiger charge is -1.97. The third-order valence-corrected chi connectivity index (χ3v) is 3.78. The predicted octanol–water partition coefficient (Wildman–Crippen LogP) is 3.64. The van der Waals surface area contributed by atoms with Gasteiger partial charge < -0.3 is 4.74 Å². The number of nitro benzene ring substituents is 1. The number of ether oxygens (including phenoxy) is 1. The summed E-state index contributed by atoms with van der Waals surface area (Å²) in [5.74, 6) is 0.0524.